The van der Waals surface area contributed by atoms with Gasteiger partial charge in [0, 0.05) is 21.9 Å². The third-order valence-corrected chi connectivity index (χ3v) is 9.86. The van der Waals surface area contributed by atoms with Crippen LogP contribution in [0.1, 0.15) is 0 Å². The lowest BCUT2D eigenvalue weighted by Crippen LogP contribution is -1.96. The highest BCUT2D eigenvalue weighted by atomic mass is 16.3. The molecule has 0 saturated heterocycles. The van der Waals surface area contributed by atoms with E-state index in [-0.39, 0.29) is 0 Å². The molecule has 0 N–H and O–H groups in total. The minimum Gasteiger partial charge on any atom is -0.455 e. The molecule has 51 heavy (non-hydrogen) atoms. The van der Waals surface area contributed by atoms with E-state index in [4.69, 9.17) is 14.4 Å². The molecule has 0 amide bonds. The van der Waals surface area contributed by atoms with Crippen molar-refractivity contribution in [3.63, 3.8) is 0 Å². The molecule has 3 nitrogen and oxygen atoms in total. The van der Waals surface area contributed by atoms with Gasteiger partial charge in [0.1, 0.15) is 11.2 Å². The van der Waals surface area contributed by atoms with Crippen LogP contribution in [0.5, 0.6) is 0 Å². The van der Waals surface area contributed by atoms with Gasteiger partial charge >= 0.3 is 0 Å². The maximum Gasteiger partial charge on any atom is 0.164 e. The van der Waals surface area contributed by atoms with E-state index >= 15 is 0 Å². The zero-order chi connectivity index (χ0) is 33.7. The standard InChI is InChI=1S/C48H30N2O/c1-3-13-34(14-4-1)44-30-45(35-15-5-2-6-16-35)50-48(49-44)43-28-38(27-42-41-26-36-17-7-8-18-37(36)29-46(41)51-47(42)43)31-22-24-33(25-23-31)40-21-11-19-32-12-9-10-20-39(32)40/h1-30H. The summed E-state index contributed by atoms with van der Waals surface area (Å²) in [5.74, 6) is 0.623. The first-order chi connectivity index (χ1) is 25.2. The first-order valence-corrected chi connectivity index (χ1v) is 17.2. The Bertz CT molecular complexity index is 2830. The number of nitrogens with zero attached hydrogens (tertiary/aromatic N) is 2. The van der Waals surface area contributed by atoms with Crippen LogP contribution >= 0.6 is 0 Å². The first-order valence-electron chi connectivity index (χ1n) is 17.2. The molecule has 0 saturated carbocycles. The van der Waals surface area contributed by atoms with Gasteiger partial charge in [0.2, 0.25) is 0 Å². The zero-order valence-corrected chi connectivity index (χ0v) is 27.6. The van der Waals surface area contributed by atoms with Crippen LogP contribution < -0.4 is 0 Å². The molecule has 0 aliphatic heterocycles. The molecule has 0 spiro atoms. The molecule has 10 aromatic rings. The van der Waals surface area contributed by atoms with Gasteiger partial charge in [-0.1, -0.05) is 152 Å². The summed E-state index contributed by atoms with van der Waals surface area (Å²) in [6.07, 6.45) is 0. The molecule has 0 atom stereocenters. The highest BCUT2D eigenvalue weighted by molar-refractivity contribution is 6.14. The fourth-order valence-electron chi connectivity index (χ4n) is 7.30. The van der Waals surface area contributed by atoms with Crippen molar-refractivity contribution in [1.29, 1.82) is 0 Å². The van der Waals surface area contributed by atoms with E-state index in [2.05, 4.69) is 146 Å². The predicted molar refractivity (Wildman–Crippen MR) is 212 cm³/mol. The number of fused-ring (bicyclic) bond motifs is 5. The van der Waals surface area contributed by atoms with E-state index in [1.54, 1.807) is 0 Å². The number of furan rings is 1. The van der Waals surface area contributed by atoms with Gasteiger partial charge in [-0.05, 0) is 74.1 Å². The minimum atomic E-state index is 0.623. The summed E-state index contributed by atoms with van der Waals surface area (Å²) in [6.45, 7) is 0. The van der Waals surface area contributed by atoms with Gasteiger partial charge in [-0.3, -0.25) is 0 Å². The van der Waals surface area contributed by atoms with E-state index in [9.17, 15) is 0 Å². The number of benzene rings is 8. The van der Waals surface area contributed by atoms with Crippen molar-refractivity contribution in [3.8, 4) is 56.2 Å². The second-order valence-corrected chi connectivity index (χ2v) is 13.0. The number of rotatable bonds is 5. The minimum absolute atomic E-state index is 0.623. The van der Waals surface area contributed by atoms with Crippen molar-refractivity contribution in [2.24, 2.45) is 0 Å². The molecule has 0 fully saturated rings. The lowest BCUT2D eigenvalue weighted by atomic mass is 9.94. The average Bonchev–Trinajstić information content (AvgIpc) is 3.57. The Morgan fingerprint density at radius 1 is 0.333 bits per heavy atom. The Labute approximate surface area is 295 Å². The summed E-state index contributed by atoms with van der Waals surface area (Å²) >= 11 is 0. The Kier molecular flexibility index (Phi) is 6.81. The molecule has 10 rings (SSSR count). The number of hydrogen-bond donors (Lipinski definition) is 0. The van der Waals surface area contributed by atoms with Crippen LogP contribution in [0, 0.1) is 0 Å². The Balaban J connectivity index is 1.21. The third-order valence-electron chi connectivity index (χ3n) is 9.86. The molecule has 2 aromatic heterocycles. The molecule has 0 unspecified atom stereocenters. The van der Waals surface area contributed by atoms with E-state index in [1.807, 2.05) is 36.4 Å². The van der Waals surface area contributed by atoms with Gasteiger partial charge in [-0.2, -0.15) is 0 Å². The second kappa shape index (κ2) is 11.9. The monoisotopic (exact) mass is 650 g/mol. The van der Waals surface area contributed by atoms with Crippen LogP contribution in [-0.2, 0) is 0 Å². The predicted octanol–water partition coefficient (Wildman–Crippen LogP) is 13.0. The Morgan fingerprint density at radius 2 is 0.922 bits per heavy atom. The fourth-order valence-corrected chi connectivity index (χ4v) is 7.30. The molecular formula is C48H30N2O. The van der Waals surface area contributed by atoms with E-state index < -0.39 is 0 Å². The Morgan fingerprint density at radius 3 is 1.63 bits per heavy atom. The second-order valence-electron chi connectivity index (χ2n) is 13.0. The molecule has 0 aliphatic rings. The first kappa shape index (κ1) is 29.1. The van der Waals surface area contributed by atoms with Gasteiger partial charge in [-0.25, -0.2) is 9.97 Å². The van der Waals surface area contributed by atoms with Crippen molar-refractivity contribution in [2.45, 2.75) is 0 Å². The van der Waals surface area contributed by atoms with Crippen molar-refractivity contribution >= 4 is 43.5 Å². The molecule has 0 radical (unpaired) electrons. The zero-order valence-electron chi connectivity index (χ0n) is 27.6. The van der Waals surface area contributed by atoms with Gasteiger partial charge in [0.15, 0.2) is 5.82 Å². The van der Waals surface area contributed by atoms with Crippen LogP contribution in [0.3, 0.4) is 0 Å². The normalized spacial score (nSPS) is 11.5. The summed E-state index contributed by atoms with van der Waals surface area (Å²) < 4.78 is 6.77. The van der Waals surface area contributed by atoms with Gasteiger partial charge in [-0.15, -0.1) is 0 Å². The van der Waals surface area contributed by atoms with Crippen molar-refractivity contribution in [3.05, 3.63) is 182 Å². The Hall–Kier alpha value is -6.84. The van der Waals surface area contributed by atoms with Gasteiger partial charge < -0.3 is 4.42 Å². The van der Waals surface area contributed by atoms with Crippen LogP contribution in [0.25, 0.3) is 99.6 Å². The molecule has 2 heterocycles. The number of hydrogen-bond acceptors (Lipinski definition) is 3. The molecule has 8 aromatic carbocycles. The smallest absolute Gasteiger partial charge is 0.164 e. The topological polar surface area (TPSA) is 38.9 Å². The maximum absolute atomic E-state index is 6.77. The van der Waals surface area contributed by atoms with Gasteiger partial charge in [0.25, 0.3) is 0 Å². The van der Waals surface area contributed by atoms with Crippen LogP contribution in [0.15, 0.2) is 186 Å². The molecule has 238 valence electrons. The molecular weight excluding hydrogens is 621 g/mol. The highest BCUT2D eigenvalue weighted by Gasteiger charge is 2.20. The summed E-state index contributed by atoms with van der Waals surface area (Å²) in [6, 6.07) is 63.9. The van der Waals surface area contributed by atoms with Crippen molar-refractivity contribution < 1.29 is 4.42 Å². The highest BCUT2D eigenvalue weighted by Crippen LogP contribution is 2.41. The van der Waals surface area contributed by atoms with E-state index in [1.165, 1.54) is 27.3 Å². The SMILES string of the molecule is c1ccc(-c2cc(-c3ccccc3)nc(-c3cc(-c4ccc(-c5cccc6ccccc56)cc4)cc4c3oc3cc5ccccc5cc34)n2)cc1. The summed E-state index contributed by atoms with van der Waals surface area (Å²) in [5.41, 5.74) is 10.9. The lowest BCUT2D eigenvalue weighted by molar-refractivity contribution is 0.670. The molecule has 0 bridgehead atoms. The van der Waals surface area contributed by atoms with Crippen LogP contribution in [-0.4, -0.2) is 9.97 Å². The van der Waals surface area contributed by atoms with Gasteiger partial charge in [0.05, 0.1) is 17.0 Å². The van der Waals surface area contributed by atoms with Crippen molar-refractivity contribution in [1.82, 2.24) is 9.97 Å². The summed E-state index contributed by atoms with van der Waals surface area (Å²) in [5, 5.41) is 6.91. The molecule has 0 aliphatic carbocycles. The van der Waals surface area contributed by atoms with Crippen LogP contribution in [0.4, 0.5) is 0 Å². The van der Waals surface area contributed by atoms with Crippen molar-refractivity contribution in [2.75, 3.05) is 0 Å². The third kappa shape index (κ3) is 5.15. The number of aromatic nitrogens is 2. The largest absolute Gasteiger partial charge is 0.455 e. The van der Waals surface area contributed by atoms with E-state index in [0.29, 0.717) is 5.82 Å². The lowest BCUT2D eigenvalue weighted by Gasteiger charge is -2.12. The average molecular weight is 651 g/mol. The summed E-state index contributed by atoms with van der Waals surface area (Å²) in [7, 11) is 0. The molecule has 3 heteroatoms. The van der Waals surface area contributed by atoms with E-state index in [0.717, 1.165) is 66.5 Å². The fraction of sp³-hybridized carbons (Fsp3) is 0. The summed E-state index contributed by atoms with van der Waals surface area (Å²) in [4.78, 5) is 10.4. The quantitative estimate of drug-likeness (QED) is 0.186. The maximum atomic E-state index is 6.77. The van der Waals surface area contributed by atoms with Crippen LogP contribution in [0.2, 0.25) is 0 Å².